The molecule has 1 heterocycles. The predicted octanol–water partition coefficient (Wildman–Crippen LogP) is 1.86. The molecule has 0 aromatic heterocycles. The van der Waals surface area contributed by atoms with E-state index in [1.54, 1.807) is 0 Å². The second kappa shape index (κ2) is 8.90. The van der Waals surface area contributed by atoms with Gasteiger partial charge in [0.15, 0.2) is 0 Å². The van der Waals surface area contributed by atoms with Gasteiger partial charge in [0.25, 0.3) is 0 Å². The molecule has 2 N–H and O–H groups in total. The Kier molecular flexibility index (Phi) is 7.82. The van der Waals surface area contributed by atoms with Gasteiger partial charge in [-0.05, 0) is 71.5 Å². The lowest BCUT2D eigenvalue weighted by Crippen LogP contribution is -2.39. The van der Waals surface area contributed by atoms with Gasteiger partial charge in [0.05, 0.1) is 0 Å². The second-order valence-electron chi connectivity index (χ2n) is 5.57. The summed E-state index contributed by atoms with van der Waals surface area (Å²) in [7, 11) is 0. The lowest BCUT2D eigenvalue weighted by atomic mass is 9.97. The fraction of sp³-hybridized carbons (Fsp3) is 1.00. The van der Waals surface area contributed by atoms with Gasteiger partial charge in [-0.15, -0.1) is 0 Å². The van der Waals surface area contributed by atoms with Gasteiger partial charge in [-0.2, -0.15) is 0 Å². The first-order valence-electron chi connectivity index (χ1n) is 7.29. The average Bonchev–Trinajstić information content (AvgIpc) is 2.34. The van der Waals surface area contributed by atoms with Crippen molar-refractivity contribution in [1.29, 1.82) is 0 Å². The Hall–Kier alpha value is -0.120. The van der Waals surface area contributed by atoms with Crippen molar-refractivity contribution in [2.75, 3.05) is 32.8 Å². The van der Waals surface area contributed by atoms with Crippen molar-refractivity contribution in [2.24, 2.45) is 5.92 Å². The summed E-state index contributed by atoms with van der Waals surface area (Å²) >= 11 is 0. The number of nitrogens with zero attached hydrogens (tertiary/aromatic N) is 1. The summed E-state index contributed by atoms with van der Waals surface area (Å²) in [5.74, 6) is 0.886. The molecule has 0 aliphatic carbocycles. The summed E-state index contributed by atoms with van der Waals surface area (Å²) < 4.78 is 0. The fourth-order valence-electron chi connectivity index (χ4n) is 2.56. The van der Waals surface area contributed by atoms with Gasteiger partial charge < -0.3 is 15.3 Å². The number of aliphatic hydroxyl groups is 1. The van der Waals surface area contributed by atoms with Gasteiger partial charge in [-0.1, -0.05) is 0 Å². The maximum Gasteiger partial charge on any atom is 0.0431 e. The molecule has 1 saturated heterocycles. The van der Waals surface area contributed by atoms with E-state index >= 15 is 0 Å². The Balaban J connectivity index is 2.21. The molecule has 0 aromatic rings. The van der Waals surface area contributed by atoms with Crippen molar-refractivity contribution in [3.8, 4) is 0 Å². The van der Waals surface area contributed by atoms with Crippen LogP contribution in [0.1, 0.15) is 46.0 Å². The van der Waals surface area contributed by atoms with E-state index in [0.29, 0.717) is 12.6 Å². The third-order valence-corrected chi connectivity index (χ3v) is 3.79. The molecule has 0 bridgehead atoms. The van der Waals surface area contributed by atoms with Gasteiger partial charge >= 0.3 is 0 Å². The standard InChI is InChI=1S/C14H30N2O/c1-13(2)16(10-4-3-5-11-17)12-14-6-8-15-9-7-14/h13-15,17H,3-12H2,1-2H3. The van der Waals surface area contributed by atoms with E-state index in [4.69, 9.17) is 5.11 Å². The molecule has 0 spiro atoms. The molecule has 1 aliphatic rings. The Morgan fingerprint density at radius 2 is 1.88 bits per heavy atom. The van der Waals surface area contributed by atoms with Crippen molar-refractivity contribution in [2.45, 2.75) is 52.0 Å². The zero-order valence-corrected chi connectivity index (χ0v) is 11.6. The lowest BCUT2D eigenvalue weighted by Gasteiger charge is -2.32. The minimum absolute atomic E-state index is 0.343. The van der Waals surface area contributed by atoms with Gasteiger partial charge in [0, 0.05) is 19.2 Å². The summed E-state index contributed by atoms with van der Waals surface area (Å²) in [6, 6.07) is 0.652. The summed E-state index contributed by atoms with van der Waals surface area (Å²) in [6.07, 6.45) is 6.01. The molecule has 1 fully saturated rings. The van der Waals surface area contributed by atoms with Gasteiger partial charge in [-0.25, -0.2) is 0 Å². The zero-order valence-electron chi connectivity index (χ0n) is 11.6. The molecule has 1 aliphatic heterocycles. The van der Waals surface area contributed by atoms with Crippen LogP contribution in [0.3, 0.4) is 0 Å². The maximum absolute atomic E-state index is 8.78. The summed E-state index contributed by atoms with van der Waals surface area (Å²) in [5, 5.41) is 12.2. The Labute approximate surface area is 107 Å². The van der Waals surface area contributed by atoms with Crippen molar-refractivity contribution in [3.05, 3.63) is 0 Å². The first-order chi connectivity index (χ1) is 8.24. The van der Waals surface area contributed by atoms with E-state index < -0.39 is 0 Å². The van der Waals surface area contributed by atoms with E-state index in [2.05, 4.69) is 24.1 Å². The quantitative estimate of drug-likeness (QED) is 0.638. The molecule has 0 atom stereocenters. The number of aliphatic hydroxyl groups excluding tert-OH is 1. The largest absolute Gasteiger partial charge is 0.396 e. The Bertz CT molecular complexity index is 179. The van der Waals surface area contributed by atoms with Gasteiger partial charge in [-0.3, -0.25) is 0 Å². The number of nitrogens with one attached hydrogen (secondary N) is 1. The molecule has 0 amide bonds. The van der Waals surface area contributed by atoms with Crippen molar-refractivity contribution in [1.82, 2.24) is 10.2 Å². The van der Waals surface area contributed by atoms with E-state index in [1.807, 2.05) is 0 Å². The Morgan fingerprint density at radius 1 is 1.18 bits per heavy atom. The molecule has 1 rings (SSSR count). The highest BCUT2D eigenvalue weighted by Gasteiger charge is 2.18. The second-order valence-corrected chi connectivity index (χ2v) is 5.57. The number of hydrogen-bond acceptors (Lipinski definition) is 3. The first-order valence-corrected chi connectivity index (χ1v) is 7.29. The van der Waals surface area contributed by atoms with Crippen LogP contribution in [0.5, 0.6) is 0 Å². The highest BCUT2D eigenvalue weighted by Crippen LogP contribution is 2.15. The number of hydrogen-bond donors (Lipinski definition) is 2. The topological polar surface area (TPSA) is 35.5 Å². The molecule has 102 valence electrons. The molecular formula is C14H30N2O. The molecule has 3 nitrogen and oxygen atoms in total. The van der Waals surface area contributed by atoms with E-state index in [0.717, 1.165) is 18.8 Å². The van der Waals surface area contributed by atoms with Crippen molar-refractivity contribution >= 4 is 0 Å². The summed E-state index contributed by atoms with van der Waals surface area (Å²) in [5.41, 5.74) is 0. The molecular weight excluding hydrogens is 212 g/mol. The van der Waals surface area contributed by atoms with Crippen LogP contribution in [0.25, 0.3) is 0 Å². The van der Waals surface area contributed by atoms with Crippen LogP contribution >= 0.6 is 0 Å². The van der Waals surface area contributed by atoms with E-state index in [1.165, 1.54) is 45.4 Å². The molecule has 0 unspecified atom stereocenters. The van der Waals surface area contributed by atoms with Crippen LogP contribution in [-0.4, -0.2) is 48.8 Å². The average molecular weight is 242 g/mol. The molecule has 17 heavy (non-hydrogen) atoms. The third-order valence-electron chi connectivity index (χ3n) is 3.79. The van der Waals surface area contributed by atoms with Crippen LogP contribution in [-0.2, 0) is 0 Å². The van der Waals surface area contributed by atoms with E-state index in [9.17, 15) is 0 Å². The molecule has 0 saturated carbocycles. The summed E-state index contributed by atoms with van der Waals surface area (Å²) in [4.78, 5) is 2.62. The van der Waals surface area contributed by atoms with Crippen LogP contribution in [0, 0.1) is 5.92 Å². The minimum atomic E-state index is 0.343. The third kappa shape index (κ3) is 6.39. The molecule has 3 heteroatoms. The van der Waals surface area contributed by atoms with Crippen LogP contribution in [0.4, 0.5) is 0 Å². The number of unbranched alkanes of at least 4 members (excludes halogenated alkanes) is 2. The fourth-order valence-corrected chi connectivity index (χ4v) is 2.56. The maximum atomic E-state index is 8.78. The zero-order chi connectivity index (χ0) is 12.5. The normalized spacial score (nSPS) is 18.2. The molecule has 0 aromatic carbocycles. The highest BCUT2D eigenvalue weighted by atomic mass is 16.2. The first kappa shape index (κ1) is 14.9. The predicted molar refractivity (Wildman–Crippen MR) is 73.2 cm³/mol. The number of piperidine rings is 1. The van der Waals surface area contributed by atoms with Crippen molar-refractivity contribution in [3.63, 3.8) is 0 Å². The van der Waals surface area contributed by atoms with Crippen LogP contribution < -0.4 is 5.32 Å². The lowest BCUT2D eigenvalue weighted by molar-refractivity contribution is 0.164. The van der Waals surface area contributed by atoms with Crippen molar-refractivity contribution < 1.29 is 5.11 Å². The SMILES string of the molecule is CC(C)N(CCCCCO)CC1CCNCC1. The van der Waals surface area contributed by atoms with Gasteiger partial charge in [0.2, 0.25) is 0 Å². The minimum Gasteiger partial charge on any atom is -0.396 e. The van der Waals surface area contributed by atoms with Crippen LogP contribution in [0.15, 0.2) is 0 Å². The monoisotopic (exact) mass is 242 g/mol. The highest BCUT2D eigenvalue weighted by molar-refractivity contribution is 4.74. The summed E-state index contributed by atoms with van der Waals surface area (Å²) in [6.45, 7) is 9.79. The smallest absolute Gasteiger partial charge is 0.0431 e. The van der Waals surface area contributed by atoms with E-state index in [-0.39, 0.29) is 0 Å². The van der Waals surface area contributed by atoms with Crippen LogP contribution in [0.2, 0.25) is 0 Å². The Morgan fingerprint density at radius 3 is 2.47 bits per heavy atom. The molecule has 0 radical (unpaired) electrons. The number of rotatable bonds is 8. The van der Waals surface area contributed by atoms with Gasteiger partial charge in [0.1, 0.15) is 0 Å².